The maximum absolute atomic E-state index is 2.41. The van der Waals surface area contributed by atoms with E-state index >= 15 is 0 Å². The van der Waals surface area contributed by atoms with Crippen LogP contribution in [0.4, 0.5) is 0 Å². The first-order valence-corrected chi connectivity index (χ1v) is 6.09. The minimum atomic E-state index is 0.961. The van der Waals surface area contributed by atoms with Gasteiger partial charge in [-0.25, -0.2) is 0 Å². The second-order valence-corrected chi connectivity index (χ2v) is 4.29. The predicted octanol–water partition coefficient (Wildman–Crippen LogP) is 4.99. The van der Waals surface area contributed by atoms with Crippen LogP contribution in [0.2, 0.25) is 0 Å². The molecule has 0 aromatic heterocycles. The zero-order chi connectivity index (χ0) is 9.94. The standard InChI is InChI=1S/C13H27/c1-4-6-8-10-12-13(3)11-9-7-5-2/h4,13H,5-12H2,1-3H3. The fourth-order valence-corrected chi connectivity index (χ4v) is 1.73. The Balaban J connectivity index is 3.05. The molecule has 0 aliphatic rings. The van der Waals surface area contributed by atoms with Crippen molar-refractivity contribution in [3.05, 3.63) is 6.42 Å². The summed E-state index contributed by atoms with van der Waals surface area (Å²) in [5, 5.41) is 0. The van der Waals surface area contributed by atoms with Crippen LogP contribution >= 0.6 is 0 Å². The molecule has 0 amide bonds. The molecule has 0 fully saturated rings. The highest BCUT2D eigenvalue weighted by Gasteiger charge is 2.00. The largest absolute Gasteiger partial charge is 0.0654 e. The molecule has 0 rings (SSSR count). The lowest BCUT2D eigenvalue weighted by Crippen LogP contribution is -1.94. The Morgan fingerprint density at radius 2 is 1.62 bits per heavy atom. The van der Waals surface area contributed by atoms with Crippen molar-refractivity contribution in [2.45, 2.75) is 72.1 Å². The Hall–Kier alpha value is 0. The van der Waals surface area contributed by atoms with E-state index in [0.29, 0.717) is 0 Å². The zero-order valence-corrected chi connectivity index (χ0v) is 9.81. The minimum Gasteiger partial charge on any atom is -0.0654 e. The van der Waals surface area contributed by atoms with Gasteiger partial charge in [-0.15, -0.1) is 0 Å². The maximum Gasteiger partial charge on any atom is -0.0417 e. The van der Waals surface area contributed by atoms with Crippen LogP contribution in [0, 0.1) is 12.3 Å². The number of hydrogen-bond acceptors (Lipinski definition) is 0. The molecule has 1 radical (unpaired) electrons. The second kappa shape index (κ2) is 10.1. The Kier molecular flexibility index (Phi) is 10.1. The van der Waals surface area contributed by atoms with Gasteiger partial charge in [0.05, 0.1) is 0 Å². The third kappa shape index (κ3) is 9.92. The van der Waals surface area contributed by atoms with E-state index in [1.54, 1.807) is 0 Å². The van der Waals surface area contributed by atoms with E-state index in [0.717, 1.165) is 5.92 Å². The lowest BCUT2D eigenvalue weighted by Gasteiger charge is -2.10. The first-order chi connectivity index (χ1) is 6.31. The molecule has 0 spiro atoms. The summed E-state index contributed by atoms with van der Waals surface area (Å²) in [6, 6.07) is 0. The first-order valence-electron chi connectivity index (χ1n) is 6.09. The van der Waals surface area contributed by atoms with E-state index in [-0.39, 0.29) is 0 Å². The summed E-state index contributed by atoms with van der Waals surface area (Å²) in [5.74, 6) is 0.961. The van der Waals surface area contributed by atoms with Crippen LogP contribution in [0.25, 0.3) is 0 Å². The molecule has 0 heteroatoms. The van der Waals surface area contributed by atoms with Crippen molar-refractivity contribution in [2.24, 2.45) is 5.92 Å². The predicted molar refractivity (Wildman–Crippen MR) is 61.7 cm³/mol. The zero-order valence-electron chi connectivity index (χ0n) is 9.81. The number of hydrogen-bond donors (Lipinski definition) is 0. The average molecular weight is 183 g/mol. The van der Waals surface area contributed by atoms with E-state index < -0.39 is 0 Å². The molecular weight excluding hydrogens is 156 g/mol. The van der Waals surface area contributed by atoms with Gasteiger partial charge in [-0.2, -0.15) is 0 Å². The van der Waals surface area contributed by atoms with Gasteiger partial charge in [0.1, 0.15) is 0 Å². The number of rotatable bonds is 9. The SMILES string of the molecule is C[CH]CCCCC(C)CCCCC. The van der Waals surface area contributed by atoms with Crippen molar-refractivity contribution in [1.29, 1.82) is 0 Å². The van der Waals surface area contributed by atoms with Gasteiger partial charge in [-0.3, -0.25) is 0 Å². The molecule has 13 heavy (non-hydrogen) atoms. The Morgan fingerprint density at radius 1 is 1.00 bits per heavy atom. The molecule has 0 saturated carbocycles. The molecule has 0 bridgehead atoms. The van der Waals surface area contributed by atoms with E-state index in [9.17, 15) is 0 Å². The van der Waals surface area contributed by atoms with Crippen LogP contribution in [0.3, 0.4) is 0 Å². The molecule has 1 atom stereocenters. The summed E-state index contributed by atoms with van der Waals surface area (Å²) in [4.78, 5) is 0. The van der Waals surface area contributed by atoms with Gasteiger partial charge in [-0.1, -0.05) is 72.1 Å². The Labute approximate surface area is 85.1 Å². The van der Waals surface area contributed by atoms with Crippen molar-refractivity contribution in [1.82, 2.24) is 0 Å². The quantitative estimate of drug-likeness (QED) is 0.442. The van der Waals surface area contributed by atoms with Crippen LogP contribution in [0.1, 0.15) is 72.1 Å². The van der Waals surface area contributed by atoms with Crippen molar-refractivity contribution < 1.29 is 0 Å². The Bertz CT molecular complexity index is 86.0. The molecule has 0 aliphatic heterocycles. The highest BCUT2D eigenvalue weighted by atomic mass is 14.1. The maximum atomic E-state index is 2.41. The normalized spacial score (nSPS) is 13.2. The van der Waals surface area contributed by atoms with Crippen LogP contribution in [-0.2, 0) is 0 Å². The van der Waals surface area contributed by atoms with Crippen molar-refractivity contribution in [2.75, 3.05) is 0 Å². The second-order valence-electron chi connectivity index (χ2n) is 4.29. The fourth-order valence-electron chi connectivity index (χ4n) is 1.73. The molecule has 0 aromatic rings. The monoisotopic (exact) mass is 183 g/mol. The van der Waals surface area contributed by atoms with Crippen LogP contribution in [-0.4, -0.2) is 0 Å². The molecule has 0 N–H and O–H groups in total. The van der Waals surface area contributed by atoms with Gasteiger partial charge in [-0.05, 0) is 12.3 Å². The van der Waals surface area contributed by atoms with E-state index in [4.69, 9.17) is 0 Å². The lowest BCUT2D eigenvalue weighted by atomic mass is 9.97. The van der Waals surface area contributed by atoms with Gasteiger partial charge in [0.2, 0.25) is 0 Å². The molecule has 1 unspecified atom stereocenters. The van der Waals surface area contributed by atoms with Crippen LogP contribution in [0.5, 0.6) is 0 Å². The van der Waals surface area contributed by atoms with Crippen LogP contribution in [0.15, 0.2) is 0 Å². The van der Waals surface area contributed by atoms with Crippen LogP contribution < -0.4 is 0 Å². The number of unbranched alkanes of at least 4 members (excludes halogenated alkanes) is 5. The average Bonchev–Trinajstić information content (AvgIpc) is 2.13. The third-order valence-corrected chi connectivity index (χ3v) is 2.74. The first kappa shape index (κ1) is 13.0. The van der Waals surface area contributed by atoms with Gasteiger partial charge in [0.25, 0.3) is 0 Å². The molecule has 0 heterocycles. The summed E-state index contributed by atoms with van der Waals surface area (Å²) in [6.07, 6.45) is 13.5. The topological polar surface area (TPSA) is 0 Å². The highest BCUT2D eigenvalue weighted by molar-refractivity contribution is 4.58. The molecule has 0 aliphatic carbocycles. The highest BCUT2D eigenvalue weighted by Crippen LogP contribution is 2.16. The molecule has 0 aromatic carbocycles. The fraction of sp³-hybridized carbons (Fsp3) is 0.923. The van der Waals surface area contributed by atoms with E-state index in [1.807, 2.05) is 0 Å². The van der Waals surface area contributed by atoms with E-state index in [2.05, 4.69) is 27.2 Å². The van der Waals surface area contributed by atoms with E-state index in [1.165, 1.54) is 51.4 Å². The molecule has 0 saturated heterocycles. The van der Waals surface area contributed by atoms with Crippen molar-refractivity contribution >= 4 is 0 Å². The summed E-state index contributed by atoms with van der Waals surface area (Å²) < 4.78 is 0. The molecule has 0 nitrogen and oxygen atoms in total. The third-order valence-electron chi connectivity index (χ3n) is 2.74. The van der Waals surface area contributed by atoms with Crippen molar-refractivity contribution in [3.8, 4) is 0 Å². The van der Waals surface area contributed by atoms with Crippen molar-refractivity contribution in [3.63, 3.8) is 0 Å². The Morgan fingerprint density at radius 3 is 2.15 bits per heavy atom. The van der Waals surface area contributed by atoms with Gasteiger partial charge >= 0.3 is 0 Å². The van der Waals surface area contributed by atoms with Gasteiger partial charge in [0.15, 0.2) is 0 Å². The smallest absolute Gasteiger partial charge is 0.0417 e. The molecular formula is C13H27. The summed E-state index contributed by atoms with van der Waals surface area (Å²) >= 11 is 0. The van der Waals surface area contributed by atoms with Gasteiger partial charge in [0, 0.05) is 0 Å². The summed E-state index contributed by atoms with van der Waals surface area (Å²) in [5.41, 5.74) is 0. The summed E-state index contributed by atoms with van der Waals surface area (Å²) in [7, 11) is 0. The summed E-state index contributed by atoms with van der Waals surface area (Å²) in [6.45, 7) is 6.84. The minimum absolute atomic E-state index is 0.961. The lowest BCUT2D eigenvalue weighted by molar-refractivity contribution is 0.443. The molecule has 79 valence electrons. The van der Waals surface area contributed by atoms with Gasteiger partial charge < -0.3 is 0 Å².